The average Bonchev–Trinajstić information content (AvgIpc) is 2.11. The lowest BCUT2D eigenvalue weighted by Crippen LogP contribution is -2.37. The van der Waals surface area contributed by atoms with Crippen molar-refractivity contribution in [2.24, 2.45) is 0 Å². The van der Waals surface area contributed by atoms with E-state index in [2.05, 4.69) is 0 Å². The van der Waals surface area contributed by atoms with Crippen LogP contribution in [0.5, 0.6) is 5.75 Å². The first-order chi connectivity index (χ1) is 6.50. The molecule has 3 heteroatoms. The Labute approximate surface area is 83.3 Å². The monoisotopic (exact) mass is 193 g/mol. The third-order valence-electron chi connectivity index (χ3n) is 1.98. The summed E-state index contributed by atoms with van der Waals surface area (Å²) in [6.45, 7) is 5.25. The number of carbonyl (C=O) groups excluding carboxylic acids is 1. The van der Waals surface area contributed by atoms with Crippen molar-refractivity contribution >= 4 is 5.97 Å². The molecular weight excluding hydrogens is 180 g/mol. The van der Waals surface area contributed by atoms with Crippen molar-refractivity contribution in [3.8, 4) is 5.75 Å². The van der Waals surface area contributed by atoms with Crippen molar-refractivity contribution in [3.63, 3.8) is 0 Å². The van der Waals surface area contributed by atoms with Gasteiger partial charge in [0.15, 0.2) is 0 Å². The van der Waals surface area contributed by atoms with Gasteiger partial charge < -0.3 is 14.6 Å². The van der Waals surface area contributed by atoms with Gasteiger partial charge in [0, 0.05) is 0 Å². The number of rotatable bonds is 3. The van der Waals surface area contributed by atoms with Gasteiger partial charge in [0.2, 0.25) is 0 Å². The van der Waals surface area contributed by atoms with Gasteiger partial charge in [-0.25, -0.2) is 0 Å². The standard InChI is InChI=1S/C11H14O3/c1-7-4-5-8(2)10(6-7)14-9(3)11(12)13/h4-6,9H,1-3H3,(H,12,13)/p-1/t9-/m1/s1. The van der Waals surface area contributed by atoms with E-state index in [9.17, 15) is 9.90 Å². The number of aliphatic carboxylic acids is 1. The average molecular weight is 193 g/mol. The number of hydrogen-bond donors (Lipinski definition) is 0. The molecule has 0 saturated carbocycles. The molecule has 0 saturated heterocycles. The van der Waals surface area contributed by atoms with Crippen LogP contribution in [-0.4, -0.2) is 12.1 Å². The summed E-state index contributed by atoms with van der Waals surface area (Å²) in [6.07, 6.45) is -0.921. The Morgan fingerprint density at radius 2 is 2.07 bits per heavy atom. The van der Waals surface area contributed by atoms with Crippen molar-refractivity contribution in [2.45, 2.75) is 26.9 Å². The Hall–Kier alpha value is -1.51. The lowest BCUT2D eigenvalue weighted by Gasteiger charge is -2.17. The number of carboxylic acid groups (broad SMARTS) is 1. The molecule has 1 atom stereocenters. The molecule has 0 radical (unpaired) electrons. The van der Waals surface area contributed by atoms with Crippen LogP contribution in [0.3, 0.4) is 0 Å². The van der Waals surface area contributed by atoms with Gasteiger partial charge in [-0.05, 0) is 38.0 Å². The predicted molar refractivity (Wildman–Crippen MR) is 51.0 cm³/mol. The van der Waals surface area contributed by atoms with Crippen LogP contribution in [-0.2, 0) is 4.79 Å². The minimum Gasteiger partial charge on any atom is -0.546 e. The summed E-state index contributed by atoms with van der Waals surface area (Å²) in [6, 6.07) is 5.66. The second-order valence-electron chi connectivity index (χ2n) is 3.35. The fourth-order valence-corrected chi connectivity index (χ4v) is 1.07. The third-order valence-corrected chi connectivity index (χ3v) is 1.98. The van der Waals surface area contributed by atoms with Gasteiger partial charge in [0.1, 0.15) is 11.9 Å². The number of aryl methyl sites for hydroxylation is 2. The van der Waals surface area contributed by atoms with Crippen molar-refractivity contribution in [2.75, 3.05) is 0 Å². The lowest BCUT2D eigenvalue weighted by atomic mass is 10.1. The zero-order chi connectivity index (χ0) is 10.7. The van der Waals surface area contributed by atoms with Crippen LogP contribution in [0.25, 0.3) is 0 Å². The molecule has 0 N–H and O–H groups in total. The molecule has 0 aliphatic rings. The van der Waals surface area contributed by atoms with Crippen LogP contribution in [0.2, 0.25) is 0 Å². The van der Waals surface area contributed by atoms with E-state index < -0.39 is 12.1 Å². The summed E-state index contributed by atoms with van der Waals surface area (Å²) in [7, 11) is 0. The van der Waals surface area contributed by atoms with Gasteiger partial charge in [-0.3, -0.25) is 0 Å². The first-order valence-electron chi connectivity index (χ1n) is 4.45. The summed E-state index contributed by atoms with van der Waals surface area (Å²) in [5, 5.41) is 10.5. The predicted octanol–water partition coefficient (Wildman–Crippen LogP) is 0.821. The Bertz CT molecular complexity index is 344. The first kappa shape index (κ1) is 10.6. The molecular formula is C11H13O3-. The molecule has 14 heavy (non-hydrogen) atoms. The maximum atomic E-state index is 10.5. The summed E-state index contributed by atoms with van der Waals surface area (Å²) >= 11 is 0. The summed E-state index contributed by atoms with van der Waals surface area (Å²) in [5.74, 6) is -0.604. The summed E-state index contributed by atoms with van der Waals surface area (Å²) < 4.78 is 5.23. The topological polar surface area (TPSA) is 49.4 Å². The normalized spacial score (nSPS) is 12.2. The number of benzene rings is 1. The Morgan fingerprint density at radius 3 is 2.64 bits per heavy atom. The molecule has 0 aliphatic carbocycles. The van der Waals surface area contributed by atoms with E-state index in [1.54, 1.807) is 0 Å². The Balaban J connectivity index is 2.85. The highest BCUT2D eigenvalue weighted by Gasteiger charge is 2.06. The van der Waals surface area contributed by atoms with Crippen molar-refractivity contribution in [3.05, 3.63) is 29.3 Å². The SMILES string of the molecule is Cc1ccc(C)c(O[C@H](C)C(=O)[O-])c1. The number of hydrogen-bond acceptors (Lipinski definition) is 3. The fourth-order valence-electron chi connectivity index (χ4n) is 1.07. The second kappa shape index (κ2) is 4.13. The number of ether oxygens (including phenoxy) is 1. The molecule has 0 fully saturated rings. The van der Waals surface area contributed by atoms with E-state index >= 15 is 0 Å². The zero-order valence-electron chi connectivity index (χ0n) is 8.53. The quantitative estimate of drug-likeness (QED) is 0.714. The van der Waals surface area contributed by atoms with Crippen LogP contribution < -0.4 is 9.84 Å². The Morgan fingerprint density at radius 1 is 1.43 bits per heavy atom. The first-order valence-corrected chi connectivity index (χ1v) is 4.45. The molecule has 0 spiro atoms. The number of carbonyl (C=O) groups is 1. The molecule has 1 aromatic rings. The molecule has 0 bridgehead atoms. The van der Waals surface area contributed by atoms with E-state index in [1.807, 2.05) is 32.0 Å². The van der Waals surface area contributed by atoms with E-state index in [0.29, 0.717) is 5.75 Å². The van der Waals surface area contributed by atoms with Crippen molar-refractivity contribution < 1.29 is 14.6 Å². The van der Waals surface area contributed by atoms with Crippen molar-refractivity contribution in [1.29, 1.82) is 0 Å². The third kappa shape index (κ3) is 2.49. The van der Waals surface area contributed by atoms with E-state index in [1.165, 1.54) is 6.92 Å². The fraction of sp³-hybridized carbons (Fsp3) is 0.364. The summed E-state index contributed by atoms with van der Waals surface area (Å²) in [5.41, 5.74) is 1.96. The van der Waals surface area contributed by atoms with E-state index in [0.717, 1.165) is 11.1 Å². The molecule has 76 valence electrons. The van der Waals surface area contributed by atoms with Gasteiger partial charge in [-0.2, -0.15) is 0 Å². The molecule has 3 nitrogen and oxygen atoms in total. The minimum absolute atomic E-state index is 0.599. The maximum absolute atomic E-state index is 10.5. The molecule has 1 rings (SSSR count). The lowest BCUT2D eigenvalue weighted by molar-refractivity contribution is -0.312. The molecule has 0 unspecified atom stereocenters. The minimum atomic E-state index is -1.20. The zero-order valence-corrected chi connectivity index (χ0v) is 8.53. The van der Waals surface area contributed by atoms with Crippen LogP contribution in [0, 0.1) is 13.8 Å². The maximum Gasteiger partial charge on any atom is 0.135 e. The highest BCUT2D eigenvalue weighted by molar-refractivity contribution is 5.70. The molecule has 0 aromatic heterocycles. The van der Waals surface area contributed by atoms with Gasteiger partial charge in [-0.1, -0.05) is 12.1 Å². The van der Waals surface area contributed by atoms with Crippen LogP contribution in [0.1, 0.15) is 18.1 Å². The van der Waals surface area contributed by atoms with Crippen LogP contribution in [0.4, 0.5) is 0 Å². The number of carboxylic acids is 1. The van der Waals surface area contributed by atoms with Gasteiger partial charge in [0.05, 0.1) is 5.97 Å². The second-order valence-corrected chi connectivity index (χ2v) is 3.35. The highest BCUT2D eigenvalue weighted by Crippen LogP contribution is 2.20. The van der Waals surface area contributed by atoms with E-state index in [4.69, 9.17) is 4.74 Å². The Kier molecular flexibility index (Phi) is 3.12. The molecule has 0 heterocycles. The van der Waals surface area contributed by atoms with E-state index in [-0.39, 0.29) is 0 Å². The van der Waals surface area contributed by atoms with Crippen molar-refractivity contribution in [1.82, 2.24) is 0 Å². The van der Waals surface area contributed by atoms with Gasteiger partial charge >= 0.3 is 0 Å². The van der Waals surface area contributed by atoms with Crippen LogP contribution >= 0.6 is 0 Å². The summed E-state index contributed by atoms with van der Waals surface area (Å²) in [4.78, 5) is 10.5. The molecule has 1 aromatic carbocycles. The van der Waals surface area contributed by atoms with Gasteiger partial charge in [-0.15, -0.1) is 0 Å². The largest absolute Gasteiger partial charge is 0.546 e. The molecule has 0 amide bonds. The smallest absolute Gasteiger partial charge is 0.135 e. The molecule has 0 aliphatic heterocycles. The van der Waals surface area contributed by atoms with Gasteiger partial charge in [0.25, 0.3) is 0 Å². The van der Waals surface area contributed by atoms with Crippen LogP contribution in [0.15, 0.2) is 18.2 Å². The highest BCUT2D eigenvalue weighted by atomic mass is 16.5.